The number of rotatable bonds is 6. The molecule has 0 aliphatic carbocycles. The van der Waals surface area contributed by atoms with Crippen molar-refractivity contribution in [3.05, 3.63) is 36.7 Å². The highest BCUT2D eigenvalue weighted by Gasteiger charge is 2.02. The van der Waals surface area contributed by atoms with Crippen LogP contribution in [-0.4, -0.2) is 30.7 Å². The van der Waals surface area contributed by atoms with Crippen molar-refractivity contribution < 1.29 is 4.74 Å². The number of aromatic nitrogens is 1. The first-order chi connectivity index (χ1) is 10.3. The topological polar surface area (TPSA) is 84.6 Å². The monoisotopic (exact) mass is 287 g/mol. The lowest BCUT2D eigenvalue weighted by atomic mass is 10.1. The zero-order valence-corrected chi connectivity index (χ0v) is 12.2. The number of pyridine rings is 1. The van der Waals surface area contributed by atoms with Crippen LogP contribution in [0.15, 0.2) is 41.7 Å². The van der Waals surface area contributed by atoms with Gasteiger partial charge in [0.05, 0.1) is 0 Å². The third kappa shape index (κ3) is 4.40. The number of nitrogens with two attached hydrogens (primary N) is 1. The van der Waals surface area contributed by atoms with Gasteiger partial charge in [-0.3, -0.25) is 15.4 Å². The SMILES string of the molecule is CCOCCCN=C(NN)Nc1cccc2cnccc12. The first-order valence-electron chi connectivity index (χ1n) is 7.03. The van der Waals surface area contributed by atoms with E-state index in [2.05, 4.69) is 20.7 Å². The minimum atomic E-state index is 0.538. The van der Waals surface area contributed by atoms with Gasteiger partial charge in [0.1, 0.15) is 0 Å². The van der Waals surface area contributed by atoms with Gasteiger partial charge in [0.15, 0.2) is 0 Å². The minimum absolute atomic E-state index is 0.538. The number of ether oxygens (including phenoxy) is 1. The number of guanidine groups is 1. The van der Waals surface area contributed by atoms with Crippen LogP contribution in [0.25, 0.3) is 10.8 Å². The molecule has 2 rings (SSSR count). The third-order valence-electron chi connectivity index (χ3n) is 2.99. The Morgan fingerprint density at radius 2 is 2.29 bits per heavy atom. The predicted molar refractivity (Wildman–Crippen MR) is 86.1 cm³/mol. The van der Waals surface area contributed by atoms with Crippen molar-refractivity contribution >= 4 is 22.4 Å². The Balaban J connectivity index is 2.04. The van der Waals surface area contributed by atoms with Gasteiger partial charge in [-0.15, -0.1) is 0 Å². The summed E-state index contributed by atoms with van der Waals surface area (Å²) >= 11 is 0. The second kappa shape index (κ2) is 8.18. The van der Waals surface area contributed by atoms with Crippen molar-refractivity contribution in [2.45, 2.75) is 13.3 Å². The molecule has 0 saturated heterocycles. The number of hydrazine groups is 1. The summed E-state index contributed by atoms with van der Waals surface area (Å²) in [6, 6.07) is 7.92. The molecule has 4 N–H and O–H groups in total. The Morgan fingerprint density at radius 3 is 3.10 bits per heavy atom. The standard InChI is InChI=1S/C15H21N5O/c1-2-21-10-4-8-18-15(20-16)19-14-6-3-5-12-11-17-9-7-13(12)14/h3,5-7,9,11H,2,4,8,10,16H2,1H3,(H2,18,19,20). The minimum Gasteiger partial charge on any atom is -0.382 e. The number of anilines is 1. The average molecular weight is 287 g/mol. The Morgan fingerprint density at radius 1 is 1.38 bits per heavy atom. The van der Waals surface area contributed by atoms with Gasteiger partial charge < -0.3 is 10.1 Å². The summed E-state index contributed by atoms with van der Waals surface area (Å²) in [5.41, 5.74) is 3.53. The van der Waals surface area contributed by atoms with E-state index in [1.54, 1.807) is 6.20 Å². The van der Waals surface area contributed by atoms with Gasteiger partial charge in [0.2, 0.25) is 5.96 Å². The molecule has 0 fully saturated rings. The van der Waals surface area contributed by atoms with E-state index in [9.17, 15) is 0 Å². The maximum absolute atomic E-state index is 5.52. The lowest BCUT2D eigenvalue weighted by molar-refractivity contribution is 0.146. The normalized spacial score (nSPS) is 11.6. The largest absolute Gasteiger partial charge is 0.382 e. The number of fused-ring (bicyclic) bond motifs is 1. The molecule has 0 spiro atoms. The molecular formula is C15H21N5O. The van der Waals surface area contributed by atoms with Gasteiger partial charge in [-0.1, -0.05) is 12.1 Å². The Labute approximate surface area is 124 Å². The molecule has 0 unspecified atom stereocenters. The quantitative estimate of drug-likeness (QED) is 0.248. The fourth-order valence-corrected chi connectivity index (χ4v) is 1.98. The molecule has 0 atom stereocenters. The van der Waals surface area contributed by atoms with Gasteiger partial charge >= 0.3 is 0 Å². The van der Waals surface area contributed by atoms with Crippen LogP contribution in [0.2, 0.25) is 0 Å². The molecule has 0 aliphatic heterocycles. The van der Waals surface area contributed by atoms with Crippen LogP contribution >= 0.6 is 0 Å². The first kappa shape index (κ1) is 15.2. The summed E-state index contributed by atoms with van der Waals surface area (Å²) in [4.78, 5) is 8.51. The summed E-state index contributed by atoms with van der Waals surface area (Å²) in [6.45, 7) is 4.07. The number of nitrogens with one attached hydrogen (secondary N) is 2. The number of aliphatic imine (C=N–C) groups is 1. The lowest BCUT2D eigenvalue weighted by Gasteiger charge is -2.11. The second-order valence-corrected chi connectivity index (χ2v) is 4.45. The van der Waals surface area contributed by atoms with Crippen LogP contribution in [0, 0.1) is 0 Å². The molecule has 1 heterocycles. The molecule has 1 aromatic heterocycles. The third-order valence-corrected chi connectivity index (χ3v) is 2.99. The van der Waals surface area contributed by atoms with Crippen LogP contribution in [-0.2, 0) is 4.74 Å². The Hall–Kier alpha value is -2.18. The van der Waals surface area contributed by atoms with E-state index in [1.807, 2.05) is 37.4 Å². The summed E-state index contributed by atoms with van der Waals surface area (Å²) in [6.07, 6.45) is 4.46. The fraction of sp³-hybridized carbons (Fsp3) is 0.333. The van der Waals surface area contributed by atoms with Crippen molar-refractivity contribution in [3.8, 4) is 0 Å². The zero-order chi connectivity index (χ0) is 14.9. The van der Waals surface area contributed by atoms with E-state index in [4.69, 9.17) is 10.6 Å². The van der Waals surface area contributed by atoms with E-state index in [0.29, 0.717) is 19.1 Å². The van der Waals surface area contributed by atoms with Crippen molar-refractivity contribution in [3.63, 3.8) is 0 Å². The molecule has 2 aromatic rings. The highest BCUT2D eigenvalue weighted by molar-refractivity contribution is 6.02. The molecule has 6 heteroatoms. The molecule has 0 bridgehead atoms. The summed E-state index contributed by atoms with van der Waals surface area (Å²) in [5, 5.41) is 5.35. The van der Waals surface area contributed by atoms with E-state index in [0.717, 1.165) is 29.5 Å². The molecule has 21 heavy (non-hydrogen) atoms. The number of hydrogen-bond acceptors (Lipinski definition) is 4. The molecule has 0 radical (unpaired) electrons. The van der Waals surface area contributed by atoms with Crippen molar-refractivity contribution in [1.29, 1.82) is 0 Å². The van der Waals surface area contributed by atoms with Crippen molar-refractivity contribution in [2.24, 2.45) is 10.8 Å². The van der Waals surface area contributed by atoms with E-state index in [1.165, 1.54) is 0 Å². The molecule has 1 aromatic carbocycles. The number of nitrogens with zero attached hydrogens (tertiary/aromatic N) is 2. The fourth-order valence-electron chi connectivity index (χ4n) is 1.98. The van der Waals surface area contributed by atoms with E-state index < -0.39 is 0 Å². The Kier molecular flexibility index (Phi) is 5.93. The smallest absolute Gasteiger partial charge is 0.210 e. The van der Waals surface area contributed by atoms with Crippen LogP contribution in [0.4, 0.5) is 5.69 Å². The number of hydrogen-bond donors (Lipinski definition) is 3. The van der Waals surface area contributed by atoms with Gasteiger partial charge in [-0.2, -0.15) is 0 Å². The van der Waals surface area contributed by atoms with Gasteiger partial charge in [-0.25, -0.2) is 5.84 Å². The molecule has 0 amide bonds. The molecule has 0 saturated carbocycles. The maximum atomic E-state index is 5.52. The Bertz CT molecular complexity index is 594. The van der Waals surface area contributed by atoms with E-state index in [-0.39, 0.29) is 0 Å². The van der Waals surface area contributed by atoms with Crippen LogP contribution in [0.5, 0.6) is 0 Å². The molecule has 112 valence electrons. The van der Waals surface area contributed by atoms with E-state index >= 15 is 0 Å². The highest BCUT2D eigenvalue weighted by Crippen LogP contribution is 2.21. The van der Waals surface area contributed by atoms with Crippen molar-refractivity contribution in [2.75, 3.05) is 25.1 Å². The number of benzene rings is 1. The van der Waals surface area contributed by atoms with Crippen LogP contribution in [0.3, 0.4) is 0 Å². The average Bonchev–Trinajstić information content (AvgIpc) is 2.53. The first-order valence-corrected chi connectivity index (χ1v) is 7.03. The highest BCUT2D eigenvalue weighted by atomic mass is 16.5. The zero-order valence-electron chi connectivity index (χ0n) is 12.2. The maximum Gasteiger partial charge on any atom is 0.210 e. The second-order valence-electron chi connectivity index (χ2n) is 4.45. The lowest BCUT2D eigenvalue weighted by Crippen LogP contribution is -2.36. The van der Waals surface area contributed by atoms with Crippen LogP contribution < -0.4 is 16.6 Å². The summed E-state index contributed by atoms with van der Waals surface area (Å²) in [5.74, 6) is 6.06. The van der Waals surface area contributed by atoms with Crippen molar-refractivity contribution in [1.82, 2.24) is 10.4 Å². The molecule has 0 aliphatic rings. The van der Waals surface area contributed by atoms with Crippen LogP contribution in [0.1, 0.15) is 13.3 Å². The summed E-state index contributed by atoms with van der Waals surface area (Å²) in [7, 11) is 0. The molecular weight excluding hydrogens is 266 g/mol. The predicted octanol–water partition coefficient (Wildman–Crippen LogP) is 1.89. The molecule has 6 nitrogen and oxygen atoms in total. The van der Waals surface area contributed by atoms with Gasteiger partial charge in [0, 0.05) is 48.6 Å². The van der Waals surface area contributed by atoms with Gasteiger partial charge in [-0.05, 0) is 25.5 Å². The summed E-state index contributed by atoms with van der Waals surface area (Å²) < 4.78 is 5.28. The van der Waals surface area contributed by atoms with Gasteiger partial charge in [0.25, 0.3) is 0 Å².